The van der Waals surface area contributed by atoms with Gasteiger partial charge in [-0.2, -0.15) is 0 Å². The van der Waals surface area contributed by atoms with Crippen molar-refractivity contribution in [1.29, 1.82) is 0 Å². The van der Waals surface area contributed by atoms with Gasteiger partial charge in [-0.05, 0) is 35.8 Å². The Morgan fingerprint density at radius 2 is 1.91 bits per heavy atom. The summed E-state index contributed by atoms with van der Waals surface area (Å²) in [6.45, 7) is 7.55. The van der Waals surface area contributed by atoms with Gasteiger partial charge in [0.05, 0.1) is 0 Å². The minimum absolute atomic E-state index is 0.0176. The lowest BCUT2D eigenvalue weighted by Crippen LogP contribution is -2.39. The summed E-state index contributed by atoms with van der Waals surface area (Å²) in [6.07, 6.45) is 3.46. The number of pyridine rings is 1. The minimum Gasteiger partial charge on any atom is -0.481 e. The molecule has 1 N–H and O–H groups in total. The molecule has 1 saturated heterocycles. The maximum absolute atomic E-state index is 12.4. The zero-order valence-electron chi connectivity index (χ0n) is 13.5. The molecule has 1 aliphatic rings. The van der Waals surface area contributed by atoms with E-state index in [0.717, 1.165) is 18.4 Å². The molecule has 0 spiro atoms. The molecular formula is C17H24N2O3. The van der Waals surface area contributed by atoms with E-state index >= 15 is 0 Å². The molecule has 0 saturated carbocycles. The summed E-state index contributed by atoms with van der Waals surface area (Å²) in [5.74, 6) is -0.642. The summed E-state index contributed by atoms with van der Waals surface area (Å²) in [7, 11) is 0. The van der Waals surface area contributed by atoms with Crippen molar-refractivity contribution in [3.8, 4) is 0 Å². The summed E-state index contributed by atoms with van der Waals surface area (Å²) in [6, 6.07) is 3.74. The van der Waals surface area contributed by atoms with E-state index in [-0.39, 0.29) is 23.7 Å². The maximum Gasteiger partial charge on any atom is 0.303 e. The van der Waals surface area contributed by atoms with Gasteiger partial charge in [-0.25, -0.2) is 0 Å². The summed E-state index contributed by atoms with van der Waals surface area (Å²) in [4.78, 5) is 29.2. The van der Waals surface area contributed by atoms with Gasteiger partial charge < -0.3 is 10.0 Å². The number of hydrogen-bond acceptors (Lipinski definition) is 3. The molecule has 0 aliphatic carbocycles. The molecule has 5 heteroatoms. The number of likely N-dealkylation sites (tertiary alicyclic amines) is 1. The molecule has 120 valence electrons. The second-order valence-corrected chi connectivity index (χ2v) is 7.02. The number of carboxylic acid groups (broad SMARTS) is 1. The third-order valence-electron chi connectivity index (χ3n) is 4.21. The van der Waals surface area contributed by atoms with Crippen LogP contribution in [0, 0.1) is 5.92 Å². The van der Waals surface area contributed by atoms with Crippen molar-refractivity contribution in [2.45, 2.75) is 45.4 Å². The van der Waals surface area contributed by atoms with E-state index in [4.69, 9.17) is 5.11 Å². The minimum atomic E-state index is -0.760. The molecule has 0 unspecified atom stereocenters. The van der Waals surface area contributed by atoms with Gasteiger partial charge in [-0.1, -0.05) is 26.8 Å². The number of carbonyl (C=O) groups is 2. The molecule has 1 aliphatic heterocycles. The van der Waals surface area contributed by atoms with Crippen molar-refractivity contribution in [1.82, 2.24) is 9.88 Å². The predicted molar refractivity (Wildman–Crippen MR) is 83.8 cm³/mol. The average molecular weight is 304 g/mol. The zero-order valence-corrected chi connectivity index (χ0v) is 13.5. The molecule has 2 heterocycles. The summed E-state index contributed by atoms with van der Waals surface area (Å²) in [5.41, 5.74) is 1.58. The highest BCUT2D eigenvalue weighted by Gasteiger charge is 2.25. The highest BCUT2D eigenvalue weighted by atomic mass is 16.4. The van der Waals surface area contributed by atoms with Crippen molar-refractivity contribution in [2.24, 2.45) is 5.92 Å². The topological polar surface area (TPSA) is 70.5 Å². The molecule has 1 aromatic heterocycles. The number of nitrogens with zero attached hydrogens (tertiary/aromatic N) is 2. The van der Waals surface area contributed by atoms with E-state index in [1.165, 1.54) is 0 Å². The van der Waals surface area contributed by atoms with Gasteiger partial charge in [0.25, 0.3) is 5.91 Å². The van der Waals surface area contributed by atoms with Crippen LogP contribution in [0.2, 0.25) is 0 Å². The first-order chi connectivity index (χ1) is 10.3. The van der Waals surface area contributed by atoms with Crippen LogP contribution in [-0.4, -0.2) is 40.0 Å². The molecule has 22 heavy (non-hydrogen) atoms. The molecule has 0 atom stereocenters. The van der Waals surface area contributed by atoms with E-state index in [9.17, 15) is 9.59 Å². The number of aromatic nitrogens is 1. The summed E-state index contributed by atoms with van der Waals surface area (Å²) >= 11 is 0. The molecule has 0 radical (unpaired) electrons. The lowest BCUT2D eigenvalue weighted by molar-refractivity contribution is -0.138. The zero-order chi connectivity index (χ0) is 16.3. The van der Waals surface area contributed by atoms with Gasteiger partial charge >= 0.3 is 5.97 Å². The van der Waals surface area contributed by atoms with Crippen LogP contribution in [0.25, 0.3) is 0 Å². The van der Waals surface area contributed by atoms with Gasteiger partial charge in [0, 0.05) is 25.7 Å². The number of rotatable bonds is 3. The summed E-state index contributed by atoms with van der Waals surface area (Å²) in [5, 5.41) is 8.82. The third kappa shape index (κ3) is 4.06. The number of carboxylic acids is 1. The molecule has 0 bridgehead atoms. The first-order valence-electron chi connectivity index (χ1n) is 7.75. The number of carbonyl (C=O) groups excluding carboxylic acids is 1. The standard InChI is InChI=1S/C17H24N2O3/c1-17(2,3)13-4-5-14(18-11-13)16(22)19-8-6-12(7-9-19)10-15(20)21/h4-5,11-12H,6-10H2,1-3H3,(H,20,21). The van der Waals surface area contributed by atoms with Crippen molar-refractivity contribution in [3.05, 3.63) is 29.6 Å². The van der Waals surface area contributed by atoms with Crippen molar-refractivity contribution in [2.75, 3.05) is 13.1 Å². The van der Waals surface area contributed by atoms with Gasteiger partial charge in [0.15, 0.2) is 0 Å². The fourth-order valence-corrected chi connectivity index (χ4v) is 2.71. The molecule has 0 aromatic carbocycles. The highest BCUT2D eigenvalue weighted by Crippen LogP contribution is 2.23. The molecule has 1 amide bonds. The molecule has 2 rings (SSSR count). The molecule has 1 aromatic rings. The van der Waals surface area contributed by atoms with Crippen molar-refractivity contribution < 1.29 is 14.7 Å². The molecular weight excluding hydrogens is 280 g/mol. The number of aliphatic carboxylic acids is 1. The quantitative estimate of drug-likeness (QED) is 0.932. The highest BCUT2D eigenvalue weighted by molar-refractivity contribution is 5.92. The Morgan fingerprint density at radius 1 is 1.27 bits per heavy atom. The number of piperidine rings is 1. The van der Waals surface area contributed by atoms with Crippen LogP contribution in [-0.2, 0) is 10.2 Å². The first kappa shape index (κ1) is 16.5. The van der Waals surface area contributed by atoms with Gasteiger partial charge in [0.1, 0.15) is 5.69 Å². The van der Waals surface area contributed by atoms with Crippen LogP contribution in [0.5, 0.6) is 0 Å². The largest absolute Gasteiger partial charge is 0.481 e. The fourth-order valence-electron chi connectivity index (χ4n) is 2.71. The lowest BCUT2D eigenvalue weighted by atomic mass is 9.88. The smallest absolute Gasteiger partial charge is 0.303 e. The SMILES string of the molecule is CC(C)(C)c1ccc(C(=O)N2CCC(CC(=O)O)CC2)nc1. The van der Waals surface area contributed by atoms with Crippen LogP contribution >= 0.6 is 0 Å². The monoisotopic (exact) mass is 304 g/mol. The van der Waals surface area contributed by atoms with Gasteiger partial charge in [-0.15, -0.1) is 0 Å². The number of amides is 1. The van der Waals surface area contributed by atoms with E-state index in [1.54, 1.807) is 17.2 Å². The predicted octanol–water partition coefficient (Wildman–Crippen LogP) is 2.71. The Balaban J connectivity index is 1.97. The molecule has 1 fully saturated rings. The molecule has 5 nitrogen and oxygen atoms in total. The van der Waals surface area contributed by atoms with Crippen LogP contribution in [0.3, 0.4) is 0 Å². The Bertz CT molecular complexity index is 538. The van der Waals surface area contributed by atoms with Crippen LogP contribution in [0.1, 0.15) is 56.1 Å². The van der Waals surface area contributed by atoms with Crippen LogP contribution in [0.4, 0.5) is 0 Å². The van der Waals surface area contributed by atoms with Crippen molar-refractivity contribution in [3.63, 3.8) is 0 Å². The van der Waals surface area contributed by atoms with Crippen molar-refractivity contribution >= 4 is 11.9 Å². The average Bonchev–Trinajstić information content (AvgIpc) is 2.46. The lowest BCUT2D eigenvalue weighted by Gasteiger charge is -2.31. The normalized spacial score (nSPS) is 16.6. The van der Waals surface area contributed by atoms with Crippen LogP contribution < -0.4 is 0 Å². The third-order valence-corrected chi connectivity index (χ3v) is 4.21. The Labute approximate surface area is 131 Å². The second kappa shape index (κ2) is 6.46. The van der Waals surface area contributed by atoms with E-state index in [0.29, 0.717) is 18.8 Å². The van der Waals surface area contributed by atoms with Crippen LogP contribution in [0.15, 0.2) is 18.3 Å². The second-order valence-electron chi connectivity index (χ2n) is 7.02. The Morgan fingerprint density at radius 3 is 2.36 bits per heavy atom. The Kier molecular flexibility index (Phi) is 4.84. The van der Waals surface area contributed by atoms with Gasteiger partial charge in [-0.3, -0.25) is 14.6 Å². The van der Waals surface area contributed by atoms with E-state index < -0.39 is 5.97 Å². The Hall–Kier alpha value is -1.91. The van der Waals surface area contributed by atoms with E-state index in [1.807, 2.05) is 6.07 Å². The number of hydrogen-bond donors (Lipinski definition) is 1. The van der Waals surface area contributed by atoms with Gasteiger partial charge in [0.2, 0.25) is 0 Å². The maximum atomic E-state index is 12.4. The van der Waals surface area contributed by atoms with E-state index in [2.05, 4.69) is 25.8 Å². The summed E-state index contributed by atoms with van der Waals surface area (Å²) < 4.78 is 0. The fraction of sp³-hybridized carbons (Fsp3) is 0.588. The first-order valence-corrected chi connectivity index (χ1v) is 7.75.